The van der Waals surface area contributed by atoms with E-state index in [0.717, 1.165) is 22.3 Å². The van der Waals surface area contributed by atoms with Gasteiger partial charge in [0.25, 0.3) is 0 Å². The number of hydrogen-bond acceptors (Lipinski definition) is 7. The molecule has 0 N–H and O–H groups in total. The Morgan fingerprint density at radius 1 is 1.10 bits per heavy atom. The summed E-state index contributed by atoms with van der Waals surface area (Å²) in [5.74, 6) is 2.82. The van der Waals surface area contributed by atoms with Crippen LogP contribution in [0.15, 0.2) is 56.8 Å². The molecular weight excluding hydrogens is 398 g/mol. The topological polar surface area (TPSA) is 82.8 Å². The summed E-state index contributed by atoms with van der Waals surface area (Å²) >= 11 is 1.53. The lowest BCUT2D eigenvalue weighted by molar-refractivity contribution is 0.376. The molecule has 0 amide bonds. The maximum Gasteiger partial charge on any atom is 0.239 e. The summed E-state index contributed by atoms with van der Waals surface area (Å²) in [6.07, 6.45) is 1.67. The Labute approximate surface area is 179 Å². The molecule has 0 aliphatic heterocycles. The zero-order chi connectivity index (χ0) is 21.3. The lowest BCUT2D eigenvalue weighted by Gasteiger charge is -2.19. The van der Waals surface area contributed by atoms with Gasteiger partial charge in [-0.3, -0.25) is 4.57 Å². The van der Waals surface area contributed by atoms with Gasteiger partial charge in [-0.05, 0) is 37.0 Å². The van der Waals surface area contributed by atoms with Crippen molar-refractivity contribution >= 4 is 11.8 Å². The van der Waals surface area contributed by atoms with Crippen molar-refractivity contribution in [2.45, 2.75) is 57.0 Å². The second-order valence-electron chi connectivity index (χ2n) is 8.24. The van der Waals surface area contributed by atoms with E-state index < -0.39 is 0 Å². The lowest BCUT2D eigenvalue weighted by atomic mass is 9.87. The average molecular weight is 424 g/mol. The number of aryl methyl sites for hydroxylation is 1. The molecule has 0 radical (unpaired) electrons. The minimum absolute atomic E-state index is 0.0538. The molecule has 3 aromatic heterocycles. The third-order valence-corrected chi connectivity index (χ3v) is 5.86. The Balaban J connectivity index is 1.68. The van der Waals surface area contributed by atoms with E-state index in [1.54, 1.807) is 6.26 Å². The summed E-state index contributed by atoms with van der Waals surface area (Å²) in [6, 6.07) is 12.3. The minimum atomic E-state index is -0.0538. The molecular formula is C22H25N5O2S. The van der Waals surface area contributed by atoms with Crippen LogP contribution in [0, 0.1) is 6.92 Å². The third-order valence-electron chi connectivity index (χ3n) is 4.79. The van der Waals surface area contributed by atoms with Gasteiger partial charge in [-0.1, -0.05) is 62.0 Å². The molecule has 7 nitrogen and oxygen atoms in total. The highest BCUT2D eigenvalue weighted by atomic mass is 32.2. The van der Waals surface area contributed by atoms with Crippen LogP contribution >= 0.6 is 11.8 Å². The summed E-state index contributed by atoms with van der Waals surface area (Å²) in [5, 5.41) is 13.6. The normalized spacial score (nSPS) is 13.0. The highest BCUT2D eigenvalue weighted by Gasteiger charge is 2.22. The van der Waals surface area contributed by atoms with Gasteiger partial charge in [0, 0.05) is 5.56 Å². The molecule has 0 saturated carbocycles. The van der Waals surface area contributed by atoms with Crippen molar-refractivity contribution in [3.8, 4) is 11.4 Å². The van der Waals surface area contributed by atoms with E-state index >= 15 is 0 Å². The first-order chi connectivity index (χ1) is 14.3. The van der Waals surface area contributed by atoms with E-state index in [1.807, 2.05) is 26.0 Å². The predicted molar refractivity (Wildman–Crippen MR) is 115 cm³/mol. The van der Waals surface area contributed by atoms with Crippen LogP contribution in [-0.4, -0.2) is 24.9 Å². The largest absolute Gasteiger partial charge is 0.467 e. The maximum atomic E-state index is 5.58. The monoisotopic (exact) mass is 423 g/mol. The fraction of sp³-hybridized carbons (Fsp3) is 0.364. The fourth-order valence-corrected chi connectivity index (χ4v) is 3.98. The predicted octanol–water partition coefficient (Wildman–Crippen LogP) is 5.43. The van der Waals surface area contributed by atoms with Gasteiger partial charge in [-0.25, -0.2) is 0 Å². The molecule has 0 fully saturated rings. The van der Waals surface area contributed by atoms with E-state index in [0.29, 0.717) is 18.3 Å². The smallest absolute Gasteiger partial charge is 0.239 e. The number of thioether (sulfide) groups is 1. The second kappa shape index (κ2) is 8.10. The van der Waals surface area contributed by atoms with Crippen molar-refractivity contribution in [2.24, 2.45) is 0 Å². The number of furan rings is 1. The molecule has 0 aliphatic carbocycles. The number of nitrogens with zero attached hydrogens (tertiary/aromatic N) is 5. The summed E-state index contributed by atoms with van der Waals surface area (Å²) < 4.78 is 13.0. The zero-order valence-electron chi connectivity index (χ0n) is 17.8. The molecule has 3 heterocycles. The van der Waals surface area contributed by atoms with Crippen LogP contribution in [-0.2, 0) is 12.0 Å². The Hall–Kier alpha value is -2.87. The minimum Gasteiger partial charge on any atom is -0.467 e. The molecule has 1 unspecified atom stereocenters. The molecule has 4 aromatic rings. The van der Waals surface area contributed by atoms with Crippen molar-refractivity contribution in [3.05, 3.63) is 65.7 Å². The van der Waals surface area contributed by atoms with Crippen molar-refractivity contribution in [1.29, 1.82) is 0 Å². The van der Waals surface area contributed by atoms with E-state index in [4.69, 9.17) is 8.94 Å². The second-order valence-corrected chi connectivity index (χ2v) is 9.55. The molecule has 8 heteroatoms. The van der Waals surface area contributed by atoms with E-state index in [2.05, 4.69) is 69.9 Å². The highest BCUT2D eigenvalue weighted by Crippen LogP contribution is 2.35. The molecule has 1 aromatic carbocycles. The number of hydrogen-bond donors (Lipinski definition) is 0. The van der Waals surface area contributed by atoms with Gasteiger partial charge in [0.1, 0.15) is 5.76 Å². The maximum absolute atomic E-state index is 5.58. The summed E-state index contributed by atoms with van der Waals surface area (Å²) in [7, 11) is 0. The molecule has 0 bridgehead atoms. The molecule has 0 spiro atoms. The van der Waals surface area contributed by atoms with Crippen molar-refractivity contribution in [3.63, 3.8) is 0 Å². The molecule has 4 rings (SSSR count). The van der Waals surface area contributed by atoms with Crippen molar-refractivity contribution in [1.82, 2.24) is 24.9 Å². The van der Waals surface area contributed by atoms with Crippen molar-refractivity contribution < 1.29 is 8.94 Å². The quantitative estimate of drug-likeness (QED) is 0.382. The Morgan fingerprint density at radius 2 is 1.87 bits per heavy atom. The summed E-state index contributed by atoms with van der Waals surface area (Å²) in [5.41, 5.74) is 2.38. The molecule has 0 saturated heterocycles. The van der Waals surface area contributed by atoms with Gasteiger partial charge in [0.2, 0.25) is 5.89 Å². The average Bonchev–Trinajstić information content (AvgIpc) is 3.44. The Kier molecular flexibility index (Phi) is 5.51. The van der Waals surface area contributed by atoms with E-state index in [-0.39, 0.29) is 10.7 Å². The Morgan fingerprint density at radius 3 is 2.47 bits per heavy atom. The van der Waals surface area contributed by atoms with Crippen LogP contribution in [0.1, 0.15) is 56.0 Å². The van der Waals surface area contributed by atoms with E-state index in [1.165, 1.54) is 17.3 Å². The van der Waals surface area contributed by atoms with Gasteiger partial charge >= 0.3 is 0 Å². The van der Waals surface area contributed by atoms with Gasteiger partial charge in [-0.15, -0.1) is 10.2 Å². The number of aromatic nitrogens is 5. The summed E-state index contributed by atoms with van der Waals surface area (Å²) in [4.78, 5) is 4.34. The molecule has 1 atom stereocenters. The van der Waals surface area contributed by atoms with Crippen LogP contribution in [0.4, 0.5) is 0 Å². The summed E-state index contributed by atoms with van der Waals surface area (Å²) in [6.45, 7) is 11.0. The number of benzene rings is 1. The molecule has 0 aliphatic rings. The van der Waals surface area contributed by atoms with Gasteiger partial charge in [-0.2, -0.15) is 4.98 Å². The van der Waals surface area contributed by atoms with Gasteiger partial charge in [0.15, 0.2) is 16.8 Å². The van der Waals surface area contributed by atoms with Gasteiger partial charge < -0.3 is 8.94 Å². The lowest BCUT2D eigenvalue weighted by Crippen LogP contribution is -2.10. The van der Waals surface area contributed by atoms with Crippen LogP contribution < -0.4 is 0 Å². The first-order valence-electron chi connectivity index (χ1n) is 9.84. The van der Waals surface area contributed by atoms with E-state index in [9.17, 15) is 0 Å². The fourth-order valence-electron chi connectivity index (χ4n) is 3.10. The highest BCUT2D eigenvalue weighted by molar-refractivity contribution is 7.99. The molecule has 30 heavy (non-hydrogen) atoms. The first-order valence-corrected chi connectivity index (χ1v) is 10.7. The van der Waals surface area contributed by atoms with Crippen LogP contribution in [0.5, 0.6) is 0 Å². The first kappa shape index (κ1) is 20.4. The zero-order valence-corrected chi connectivity index (χ0v) is 18.6. The van der Waals surface area contributed by atoms with Crippen LogP contribution in [0.25, 0.3) is 11.4 Å². The standard InChI is InChI=1S/C22H25N5O2S/c1-14(20-23-15(2)26-29-20)30-21-25-24-19(27(21)13-18-7-6-12-28-18)16-8-10-17(11-9-16)22(3,4)5/h6-12,14H,13H2,1-5H3. The Bertz CT molecular complexity index is 1110. The molecule has 156 valence electrons. The number of rotatable bonds is 6. The SMILES string of the molecule is Cc1noc(C(C)Sc2nnc(-c3ccc(C(C)(C)C)cc3)n2Cc2ccco2)n1. The van der Waals surface area contributed by atoms with Gasteiger partial charge in [0.05, 0.1) is 18.1 Å². The van der Waals surface area contributed by atoms with Crippen molar-refractivity contribution in [2.75, 3.05) is 0 Å². The van der Waals surface area contributed by atoms with Crippen LogP contribution in [0.2, 0.25) is 0 Å². The third kappa shape index (κ3) is 4.33. The van der Waals surface area contributed by atoms with Crippen LogP contribution in [0.3, 0.4) is 0 Å².